The van der Waals surface area contributed by atoms with Gasteiger partial charge in [-0.1, -0.05) is 38.1 Å². The lowest BCUT2D eigenvalue weighted by molar-refractivity contribution is -0.119. The third kappa shape index (κ3) is 6.18. The van der Waals surface area contributed by atoms with E-state index < -0.39 is 0 Å². The van der Waals surface area contributed by atoms with Gasteiger partial charge in [-0.2, -0.15) is 10.1 Å². The van der Waals surface area contributed by atoms with Crippen molar-refractivity contribution in [1.82, 2.24) is 5.32 Å². The first-order valence-electron chi connectivity index (χ1n) is 10.3. The predicted molar refractivity (Wildman–Crippen MR) is 124 cm³/mol. The van der Waals surface area contributed by atoms with Gasteiger partial charge >= 0.3 is 0 Å². The predicted octanol–water partition coefficient (Wildman–Crippen LogP) is 4.16. The van der Waals surface area contributed by atoms with Crippen LogP contribution in [0.2, 0.25) is 0 Å². The average Bonchev–Trinajstić information content (AvgIpc) is 3.12. The maximum Gasteiger partial charge on any atom is 0.255 e. The van der Waals surface area contributed by atoms with E-state index in [-0.39, 0.29) is 29.4 Å². The van der Waals surface area contributed by atoms with Gasteiger partial charge in [-0.15, -0.1) is 11.8 Å². The molecule has 3 amide bonds. The van der Waals surface area contributed by atoms with Crippen molar-refractivity contribution in [3.63, 3.8) is 0 Å². The number of hydrogen-bond donors (Lipinski definition) is 2. The van der Waals surface area contributed by atoms with Crippen molar-refractivity contribution in [2.24, 2.45) is 5.10 Å². The van der Waals surface area contributed by atoms with Gasteiger partial charge in [0.2, 0.25) is 11.8 Å². The Bertz CT molecular complexity index is 978. The quantitative estimate of drug-likeness (QED) is 0.606. The van der Waals surface area contributed by atoms with Gasteiger partial charge in [0, 0.05) is 17.0 Å². The Balaban J connectivity index is 1.63. The van der Waals surface area contributed by atoms with E-state index in [0.29, 0.717) is 30.1 Å². The number of nitrogens with zero attached hydrogens (tertiary/aromatic N) is 2. The lowest BCUT2D eigenvalue weighted by Crippen LogP contribution is -2.36. The molecule has 1 atom stereocenters. The summed E-state index contributed by atoms with van der Waals surface area (Å²) in [6.07, 6.45) is 1.91. The molecule has 1 aliphatic heterocycles. The summed E-state index contributed by atoms with van der Waals surface area (Å²) in [5, 5.41) is 10.9. The maximum atomic E-state index is 12.8. The number of anilines is 2. The van der Waals surface area contributed by atoms with Crippen molar-refractivity contribution in [3.05, 3.63) is 54.6 Å². The summed E-state index contributed by atoms with van der Waals surface area (Å²) in [5.41, 5.74) is 1.38. The number of rotatable bonds is 8. The number of benzene rings is 2. The first kappa shape index (κ1) is 22.6. The van der Waals surface area contributed by atoms with E-state index in [1.807, 2.05) is 56.3 Å². The van der Waals surface area contributed by atoms with Crippen LogP contribution in [0.1, 0.15) is 39.5 Å². The average molecular weight is 439 g/mol. The summed E-state index contributed by atoms with van der Waals surface area (Å²) in [5.74, 6) is -0.0630. The summed E-state index contributed by atoms with van der Waals surface area (Å²) in [6.45, 7) is 3.89. The molecule has 0 aliphatic carbocycles. The minimum Gasteiger partial charge on any atom is -0.326 e. The Kier molecular flexibility index (Phi) is 7.83. The molecular formula is C23H26N4O3S. The number of amides is 3. The minimum absolute atomic E-state index is 0.0266. The Labute approximate surface area is 186 Å². The number of para-hydroxylation sites is 1. The summed E-state index contributed by atoms with van der Waals surface area (Å²) >= 11 is 1.42. The van der Waals surface area contributed by atoms with E-state index in [9.17, 15) is 14.4 Å². The van der Waals surface area contributed by atoms with Crippen LogP contribution in [-0.4, -0.2) is 28.8 Å². The van der Waals surface area contributed by atoms with Crippen LogP contribution in [0.15, 0.2) is 64.6 Å². The molecule has 8 heteroatoms. The molecule has 0 fully saturated rings. The van der Waals surface area contributed by atoms with Gasteiger partial charge in [-0.3, -0.25) is 14.4 Å². The molecule has 0 bridgehead atoms. The molecule has 31 heavy (non-hydrogen) atoms. The molecule has 2 aromatic carbocycles. The fourth-order valence-corrected chi connectivity index (χ4v) is 4.09. The number of thioether (sulfide) groups is 1. The molecule has 162 valence electrons. The first-order chi connectivity index (χ1) is 15.0. The van der Waals surface area contributed by atoms with Gasteiger partial charge in [0.15, 0.2) is 0 Å². The SMILES string of the molecule is CCCC(=O)Nc1cccc(SC(CC)C(=O)NC2=NN(c3ccccc3)C(=O)C2)c1. The van der Waals surface area contributed by atoms with Crippen LogP contribution >= 0.6 is 11.8 Å². The van der Waals surface area contributed by atoms with E-state index >= 15 is 0 Å². The highest BCUT2D eigenvalue weighted by atomic mass is 32.2. The summed E-state index contributed by atoms with van der Waals surface area (Å²) in [7, 11) is 0. The zero-order valence-electron chi connectivity index (χ0n) is 17.6. The van der Waals surface area contributed by atoms with Gasteiger partial charge in [0.1, 0.15) is 5.84 Å². The van der Waals surface area contributed by atoms with Gasteiger partial charge in [-0.05, 0) is 43.2 Å². The highest BCUT2D eigenvalue weighted by molar-refractivity contribution is 8.00. The van der Waals surface area contributed by atoms with Crippen molar-refractivity contribution in [2.75, 3.05) is 10.3 Å². The molecule has 0 radical (unpaired) electrons. The van der Waals surface area contributed by atoms with Crippen LogP contribution in [-0.2, 0) is 14.4 Å². The monoisotopic (exact) mass is 438 g/mol. The lowest BCUT2D eigenvalue weighted by atomic mass is 10.3. The minimum atomic E-state index is -0.356. The van der Waals surface area contributed by atoms with E-state index in [2.05, 4.69) is 15.7 Å². The molecule has 2 aromatic rings. The lowest BCUT2D eigenvalue weighted by Gasteiger charge is -2.15. The molecule has 0 saturated heterocycles. The largest absolute Gasteiger partial charge is 0.326 e. The topological polar surface area (TPSA) is 90.9 Å². The molecule has 0 saturated carbocycles. The van der Waals surface area contributed by atoms with Gasteiger partial charge < -0.3 is 10.6 Å². The van der Waals surface area contributed by atoms with Crippen LogP contribution in [0.25, 0.3) is 0 Å². The van der Waals surface area contributed by atoms with Crippen LogP contribution < -0.4 is 15.6 Å². The second-order valence-corrected chi connectivity index (χ2v) is 8.37. The van der Waals surface area contributed by atoms with Crippen molar-refractivity contribution in [2.45, 2.75) is 49.7 Å². The zero-order chi connectivity index (χ0) is 22.2. The Morgan fingerprint density at radius 3 is 2.58 bits per heavy atom. The van der Waals surface area contributed by atoms with Crippen LogP contribution in [0, 0.1) is 0 Å². The highest BCUT2D eigenvalue weighted by Crippen LogP contribution is 2.28. The number of carbonyl (C=O) groups excluding carboxylic acids is 3. The maximum absolute atomic E-state index is 12.8. The summed E-state index contributed by atoms with van der Waals surface area (Å²) < 4.78 is 0. The summed E-state index contributed by atoms with van der Waals surface area (Å²) in [4.78, 5) is 37.8. The highest BCUT2D eigenvalue weighted by Gasteiger charge is 2.28. The Morgan fingerprint density at radius 1 is 1.10 bits per heavy atom. The molecule has 1 aliphatic rings. The van der Waals surface area contributed by atoms with Crippen molar-refractivity contribution in [1.29, 1.82) is 0 Å². The number of carbonyl (C=O) groups is 3. The van der Waals surface area contributed by atoms with Crippen molar-refractivity contribution < 1.29 is 14.4 Å². The Hall–Kier alpha value is -3.13. The van der Waals surface area contributed by atoms with Gasteiger partial charge in [0.05, 0.1) is 17.4 Å². The number of hydrazone groups is 1. The smallest absolute Gasteiger partial charge is 0.255 e. The number of amidine groups is 1. The third-order valence-corrected chi connectivity index (χ3v) is 5.94. The van der Waals surface area contributed by atoms with Gasteiger partial charge in [0.25, 0.3) is 5.91 Å². The normalized spacial score (nSPS) is 14.2. The first-order valence-corrected chi connectivity index (χ1v) is 11.2. The molecule has 1 heterocycles. The second kappa shape index (κ2) is 10.8. The van der Waals surface area contributed by atoms with E-state index in [4.69, 9.17) is 0 Å². The van der Waals surface area contributed by atoms with Crippen LogP contribution in [0.3, 0.4) is 0 Å². The molecular weight excluding hydrogens is 412 g/mol. The number of hydrogen-bond acceptors (Lipinski definition) is 5. The summed E-state index contributed by atoms with van der Waals surface area (Å²) in [6, 6.07) is 16.6. The number of nitrogens with one attached hydrogen (secondary N) is 2. The molecule has 0 spiro atoms. The van der Waals surface area contributed by atoms with Crippen molar-refractivity contribution >= 4 is 46.7 Å². The van der Waals surface area contributed by atoms with E-state index in [1.54, 1.807) is 12.1 Å². The van der Waals surface area contributed by atoms with Crippen LogP contribution in [0.4, 0.5) is 11.4 Å². The fraction of sp³-hybridized carbons (Fsp3) is 0.304. The molecule has 3 rings (SSSR count). The van der Waals surface area contributed by atoms with Crippen molar-refractivity contribution in [3.8, 4) is 0 Å². The Morgan fingerprint density at radius 2 is 1.87 bits per heavy atom. The van der Waals surface area contributed by atoms with Gasteiger partial charge in [-0.25, -0.2) is 0 Å². The molecule has 2 N–H and O–H groups in total. The standard InChI is InChI=1S/C23H26N4O3S/c1-3-9-21(28)24-16-10-8-13-18(14-16)31-19(4-2)23(30)25-20-15-22(29)27(26-20)17-11-6-5-7-12-17/h5-8,10-14,19H,3-4,9,15H2,1-2H3,(H,24,28)(H,25,26,30). The fourth-order valence-electron chi connectivity index (χ4n) is 3.08. The van der Waals surface area contributed by atoms with E-state index in [1.165, 1.54) is 16.8 Å². The molecule has 0 aromatic heterocycles. The molecule has 7 nitrogen and oxygen atoms in total. The van der Waals surface area contributed by atoms with E-state index in [0.717, 1.165) is 11.3 Å². The third-order valence-electron chi connectivity index (χ3n) is 4.58. The zero-order valence-corrected chi connectivity index (χ0v) is 18.4. The van der Waals surface area contributed by atoms with Crippen LogP contribution in [0.5, 0.6) is 0 Å². The molecule has 1 unspecified atom stereocenters. The second-order valence-electron chi connectivity index (χ2n) is 7.09.